The van der Waals surface area contributed by atoms with Crippen molar-refractivity contribution in [2.24, 2.45) is 0 Å². The molecule has 140 valence electrons. The minimum atomic E-state index is 0.139. The van der Waals surface area contributed by atoms with Crippen molar-refractivity contribution in [1.82, 2.24) is 14.7 Å². The lowest BCUT2D eigenvalue weighted by Gasteiger charge is -2.38. The number of carbonyl (C=O) groups excluding carboxylic acids is 2. The fourth-order valence-corrected chi connectivity index (χ4v) is 4.59. The van der Waals surface area contributed by atoms with Gasteiger partial charge in [0.15, 0.2) is 0 Å². The SMILES string of the molecule is O=C1CCCN1Cc1ccc(C(=O)N2CCN(C3CCCC3)CC2)cc1. The minimum Gasteiger partial charge on any atom is -0.338 e. The number of benzene rings is 1. The highest BCUT2D eigenvalue weighted by atomic mass is 16.2. The van der Waals surface area contributed by atoms with Gasteiger partial charge in [-0.05, 0) is 37.0 Å². The first-order chi connectivity index (χ1) is 12.7. The molecule has 0 bridgehead atoms. The second-order valence-electron chi connectivity index (χ2n) is 7.88. The second kappa shape index (κ2) is 7.78. The molecular formula is C21H29N3O2. The third-order valence-corrected chi connectivity index (χ3v) is 6.19. The Kier molecular flexibility index (Phi) is 5.25. The zero-order valence-corrected chi connectivity index (χ0v) is 15.5. The van der Waals surface area contributed by atoms with E-state index in [1.807, 2.05) is 34.1 Å². The molecule has 1 aromatic carbocycles. The van der Waals surface area contributed by atoms with E-state index in [1.165, 1.54) is 25.7 Å². The van der Waals surface area contributed by atoms with Gasteiger partial charge in [0.1, 0.15) is 0 Å². The van der Waals surface area contributed by atoms with E-state index in [9.17, 15) is 9.59 Å². The standard InChI is InChI=1S/C21H29N3O2/c25-20-6-3-11-24(20)16-17-7-9-18(10-8-17)21(26)23-14-12-22(13-15-23)19-4-1-2-5-19/h7-10,19H,1-6,11-16H2. The van der Waals surface area contributed by atoms with E-state index >= 15 is 0 Å². The molecular weight excluding hydrogens is 326 g/mol. The highest BCUT2D eigenvalue weighted by Gasteiger charge is 2.28. The lowest BCUT2D eigenvalue weighted by molar-refractivity contribution is -0.128. The Labute approximate surface area is 155 Å². The summed E-state index contributed by atoms with van der Waals surface area (Å²) in [6.45, 7) is 5.19. The van der Waals surface area contributed by atoms with Crippen molar-refractivity contribution in [1.29, 1.82) is 0 Å². The fraction of sp³-hybridized carbons (Fsp3) is 0.619. The molecule has 1 saturated carbocycles. The largest absolute Gasteiger partial charge is 0.338 e. The van der Waals surface area contributed by atoms with Crippen molar-refractivity contribution in [3.63, 3.8) is 0 Å². The minimum absolute atomic E-state index is 0.139. The Bertz CT molecular complexity index is 644. The van der Waals surface area contributed by atoms with Crippen LogP contribution in [0, 0.1) is 0 Å². The third kappa shape index (κ3) is 3.78. The van der Waals surface area contributed by atoms with Gasteiger partial charge in [-0.3, -0.25) is 14.5 Å². The van der Waals surface area contributed by atoms with Crippen LogP contribution in [0.1, 0.15) is 54.4 Å². The van der Waals surface area contributed by atoms with E-state index < -0.39 is 0 Å². The lowest BCUT2D eigenvalue weighted by atomic mass is 10.1. The average molecular weight is 355 g/mol. The van der Waals surface area contributed by atoms with Crippen LogP contribution in [0.2, 0.25) is 0 Å². The molecule has 2 heterocycles. The zero-order valence-electron chi connectivity index (χ0n) is 15.5. The highest BCUT2D eigenvalue weighted by molar-refractivity contribution is 5.94. The summed E-state index contributed by atoms with van der Waals surface area (Å²) in [6.07, 6.45) is 7.01. The quantitative estimate of drug-likeness (QED) is 0.834. The number of nitrogens with zero attached hydrogens (tertiary/aromatic N) is 3. The summed E-state index contributed by atoms with van der Waals surface area (Å²) in [5, 5.41) is 0. The molecule has 0 radical (unpaired) electrons. The first-order valence-electron chi connectivity index (χ1n) is 10.1. The molecule has 26 heavy (non-hydrogen) atoms. The van der Waals surface area contributed by atoms with E-state index in [0.29, 0.717) is 13.0 Å². The summed E-state index contributed by atoms with van der Waals surface area (Å²) in [7, 11) is 0. The Morgan fingerprint density at radius 1 is 0.923 bits per heavy atom. The van der Waals surface area contributed by atoms with Crippen LogP contribution in [0.4, 0.5) is 0 Å². The van der Waals surface area contributed by atoms with Crippen molar-refractivity contribution >= 4 is 11.8 Å². The number of carbonyl (C=O) groups is 2. The maximum atomic E-state index is 12.8. The topological polar surface area (TPSA) is 43.9 Å². The van der Waals surface area contributed by atoms with Crippen molar-refractivity contribution in [3.8, 4) is 0 Å². The van der Waals surface area contributed by atoms with E-state index in [4.69, 9.17) is 0 Å². The fourth-order valence-electron chi connectivity index (χ4n) is 4.59. The van der Waals surface area contributed by atoms with E-state index in [2.05, 4.69) is 4.90 Å². The van der Waals surface area contributed by atoms with E-state index in [1.54, 1.807) is 0 Å². The maximum absolute atomic E-state index is 12.8. The summed E-state index contributed by atoms with van der Waals surface area (Å²) in [6, 6.07) is 8.57. The van der Waals surface area contributed by atoms with Crippen LogP contribution in [0.15, 0.2) is 24.3 Å². The van der Waals surface area contributed by atoms with Gasteiger partial charge in [-0.15, -0.1) is 0 Å². The smallest absolute Gasteiger partial charge is 0.253 e. The summed E-state index contributed by atoms with van der Waals surface area (Å²) in [4.78, 5) is 31.0. The van der Waals surface area contributed by atoms with Crippen molar-refractivity contribution in [2.45, 2.75) is 51.1 Å². The Hall–Kier alpha value is -1.88. The summed E-state index contributed by atoms with van der Waals surface area (Å²) in [5.74, 6) is 0.380. The molecule has 5 heteroatoms. The zero-order chi connectivity index (χ0) is 17.9. The van der Waals surface area contributed by atoms with Crippen LogP contribution in [0.25, 0.3) is 0 Å². The molecule has 2 aliphatic heterocycles. The second-order valence-corrected chi connectivity index (χ2v) is 7.88. The van der Waals surface area contributed by atoms with E-state index in [0.717, 1.165) is 56.3 Å². The van der Waals surface area contributed by atoms with Gasteiger partial charge in [-0.2, -0.15) is 0 Å². The normalized spacial score (nSPS) is 22.4. The monoisotopic (exact) mass is 355 g/mol. The summed E-state index contributed by atoms with van der Waals surface area (Å²) < 4.78 is 0. The first kappa shape index (κ1) is 17.5. The van der Waals surface area contributed by atoms with Gasteiger partial charge in [0.25, 0.3) is 5.91 Å². The molecule has 2 saturated heterocycles. The average Bonchev–Trinajstić information content (AvgIpc) is 3.35. The summed E-state index contributed by atoms with van der Waals surface area (Å²) >= 11 is 0. The molecule has 1 aromatic rings. The Morgan fingerprint density at radius 3 is 2.23 bits per heavy atom. The Morgan fingerprint density at radius 2 is 1.62 bits per heavy atom. The molecule has 0 atom stereocenters. The molecule has 1 aliphatic carbocycles. The van der Waals surface area contributed by atoms with Gasteiger partial charge >= 0.3 is 0 Å². The number of rotatable bonds is 4. The number of amides is 2. The van der Waals surface area contributed by atoms with E-state index in [-0.39, 0.29) is 11.8 Å². The van der Waals surface area contributed by atoms with Gasteiger partial charge in [0.05, 0.1) is 0 Å². The van der Waals surface area contributed by atoms with Crippen molar-refractivity contribution in [3.05, 3.63) is 35.4 Å². The van der Waals surface area contributed by atoms with Crippen molar-refractivity contribution < 1.29 is 9.59 Å². The van der Waals surface area contributed by atoms with Gasteiger partial charge < -0.3 is 9.80 Å². The van der Waals surface area contributed by atoms with Crippen LogP contribution in [0.5, 0.6) is 0 Å². The van der Waals surface area contributed by atoms with Gasteiger partial charge in [0.2, 0.25) is 5.91 Å². The highest BCUT2D eigenvalue weighted by Crippen LogP contribution is 2.24. The first-order valence-corrected chi connectivity index (χ1v) is 10.1. The predicted molar refractivity (Wildman–Crippen MR) is 101 cm³/mol. The molecule has 0 N–H and O–H groups in total. The maximum Gasteiger partial charge on any atom is 0.253 e. The molecule has 0 unspecified atom stereocenters. The molecule has 3 aliphatic rings. The van der Waals surface area contributed by atoms with Gasteiger partial charge in [0, 0.05) is 57.3 Å². The van der Waals surface area contributed by atoms with Crippen molar-refractivity contribution in [2.75, 3.05) is 32.7 Å². The Balaban J connectivity index is 1.31. The molecule has 0 aromatic heterocycles. The summed E-state index contributed by atoms with van der Waals surface area (Å²) in [5.41, 5.74) is 1.86. The third-order valence-electron chi connectivity index (χ3n) is 6.19. The number of piperazine rings is 1. The van der Waals surface area contributed by atoms with Gasteiger partial charge in [-0.25, -0.2) is 0 Å². The lowest BCUT2D eigenvalue weighted by Crippen LogP contribution is -2.51. The number of hydrogen-bond acceptors (Lipinski definition) is 3. The van der Waals surface area contributed by atoms with Crippen LogP contribution in [-0.2, 0) is 11.3 Å². The van der Waals surface area contributed by atoms with Crippen LogP contribution in [-0.4, -0.2) is 65.3 Å². The predicted octanol–water partition coefficient (Wildman–Crippen LogP) is 2.51. The number of likely N-dealkylation sites (tertiary alicyclic amines) is 1. The number of hydrogen-bond donors (Lipinski definition) is 0. The molecule has 0 spiro atoms. The van der Waals surface area contributed by atoms with Crippen LogP contribution < -0.4 is 0 Å². The van der Waals surface area contributed by atoms with Crippen LogP contribution in [0.3, 0.4) is 0 Å². The van der Waals surface area contributed by atoms with Gasteiger partial charge in [-0.1, -0.05) is 25.0 Å². The molecule has 2 amide bonds. The molecule has 4 rings (SSSR count). The molecule has 3 fully saturated rings. The van der Waals surface area contributed by atoms with Crippen LogP contribution >= 0.6 is 0 Å². The molecule has 5 nitrogen and oxygen atoms in total.